The molecule has 0 saturated heterocycles. The fourth-order valence-electron chi connectivity index (χ4n) is 1.33. The molecular formula is C10H9ClO. The fraction of sp³-hybridized carbons (Fsp3) is 0.200. The number of hydrogen-bond donors (Lipinski definition) is 0. The highest BCUT2D eigenvalue weighted by molar-refractivity contribution is 6.18. The normalized spacial score (nSPS) is 10.8. The fourth-order valence-corrected chi connectivity index (χ4v) is 1.53. The highest BCUT2D eigenvalue weighted by Crippen LogP contribution is 2.20. The molecular weight excluding hydrogens is 172 g/mol. The minimum Gasteiger partial charge on any atom is -0.464 e. The van der Waals surface area contributed by atoms with Crippen molar-refractivity contribution in [2.24, 2.45) is 0 Å². The minimum atomic E-state index is 0.642. The number of benzene rings is 1. The Morgan fingerprint density at radius 3 is 2.92 bits per heavy atom. The van der Waals surface area contributed by atoms with E-state index in [9.17, 15) is 0 Å². The molecule has 0 aliphatic rings. The van der Waals surface area contributed by atoms with Crippen molar-refractivity contribution in [2.75, 3.05) is 5.88 Å². The standard InChI is InChI=1S/C10H9ClO/c11-6-5-8-7-12-10-4-2-1-3-9(8)10/h1-4,7H,5-6H2. The number of rotatable bonds is 2. The lowest BCUT2D eigenvalue weighted by atomic mass is 10.1. The van der Waals surface area contributed by atoms with Crippen LogP contribution in [0, 0.1) is 0 Å². The molecule has 0 unspecified atom stereocenters. The van der Waals surface area contributed by atoms with Crippen LogP contribution in [-0.4, -0.2) is 5.88 Å². The van der Waals surface area contributed by atoms with Gasteiger partial charge in [-0.2, -0.15) is 0 Å². The first-order valence-electron chi connectivity index (χ1n) is 3.93. The molecule has 1 nitrogen and oxygen atoms in total. The van der Waals surface area contributed by atoms with E-state index in [1.165, 1.54) is 10.9 Å². The van der Waals surface area contributed by atoms with Crippen LogP contribution in [0.25, 0.3) is 11.0 Å². The van der Waals surface area contributed by atoms with Gasteiger partial charge in [-0.05, 0) is 18.1 Å². The van der Waals surface area contributed by atoms with E-state index in [4.69, 9.17) is 16.0 Å². The Balaban J connectivity index is 2.55. The van der Waals surface area contributed by atoms with E-state index in [1.807, 2.05) is 18.2 Å². The largest absolute Gasteiger partial charge is 0.464 e. The lowest BCUT2D eigenvalue weighted by molar-refractivity contribution is 0.611. The number of hydrogen-bond acceptors (Lipinski definition) is 1. The smallest absolute Gasteiger partial charge is 0.134 e. The van der Waals surface area contributed by atoms with Crippen molar-refractivity contribution in [3.63, 3.8) is 0 Å². The number of para-hydroxylation sites is 1. The Morgan fingerprint density at radius 1 is 1.25 bits per heavy atom. The highest BCUT2D eigenvalue weighted by Gasteiger charge is 2.02. The molecule has 2 heteroatoms. The van der Waals surface area contributed by atoms with E-state index < -0.39 is 0 Å². The molecule has 0 amide bonds. The molecule has 0 atom stereocenters. The SMILES string of the molecule is ClCCc1coc2ccccc12. The van der Waals surface area contributed by atoms with Crippen LogP contribution in [0.15, 0.2) is 34.9 Å². The first kappa shape index (κ1) is 7.69. The highest BCUT2D eigenvalue weighted by atomic mass is 35.5. The van der Waals surface area contributed by atoms with Gasteiger partial charge >= 0.3 is 0 Å². The van der Waals surface area contributed by atoms with Gasteiger partial charge in [0.25, 0.3) is 0 Å². The molecule has 2 rings (SSSR count). The van der Waals surface area contributed by atoms with E-state index in [2.05, 4.69) is 6.07 Å². The van der Waals surface area contributed by atoms with Crippen LogP contribution in [0.1, 0.15) is 5.56 Å². The van der Waals surface area contributed by atoms with Gasteiger partial charge in [0.1, 0.15) is 5.58 Å². The maximum absolute atomic E-state index is 5.65. The third-order valence-corrected chi connectivity index (χ3v) is 2.11. The molecule has 0 spiro atoms. The van der Waals surface area contributed by atoms with E-state index in [-0.39, 0.29) is 0 Å². The Labute approximate surface area is 75.9 Å². The predicted molar refractivity (Wildman–Crippen MR) is 50.6 cm³/mol. The lowest BCUT2D eigenvalue weighted by Gasteiger charge is -1.90. The Hall–Kier alpha value is -0.950. The summed E-state index contributed by atoms with van der Waals surface area (Å²) in [5.41, 5.74) is 2.14. The predicted octanol–water partition coefficient (Wildman–Crippen LogP) is 3.21. The van der Waals surface area contributed by atoms with E-state index in [1.54, 1.807) is 6.26 Å². The molecule has 0 bridgehead atoms. The molecule has 0 saturated carbocycles. The zero-order valence-electron chi connectivity index (χ0n) is 6.59. The van der Waals surface area contributed by atoms with Gasteiger partial charge in [0.05, 0.1) is 6.26 Å². The van der Waals surface area contributed by atoms with Crippen LogP contribution in [0.5, 0.6) is 0 Å². The van der Waals surface area contributed by atoms with Crippen molar-refractivity contribution < 1.29 is 4.42 Å². The molecule has 12 heavy (non-hydrogen) atoms. The molecule has 0 aliphatic heterocycles. The van der Waals surface area contributed by atoms with Crippen molar-refractivity contribution in [2.45, 2.75) is 6.42 Å². The second kappa shape index (κ2) is 3.20. The molecule has 0 N–H and O–H groups in total. The Morgan fingerprint density at radius 2 is 2.08 bits per heavy atom. The van der Waals surface area contributed by atoms with Gasteiger partial charge in [-0.1, -0.05) is 18.2 Å². The molecule has 1 aromatic carbocycles. The van der Waals surface area contributed by atoms with Crippen molar-refractivity contribution >= 4 is 22.6 Å². The zero-order chi connectivity index (χ0) is 8.39. The topological polar surface area (TPSA) is 13.1 Å². The number of fused-ring (bicyclic) bond motifs is 1. The first-order chi connectivity index (χ1) is 5.92. The summed E-state index contributed by atoms with van der Waals surface area (Å²) in [6.07, 6.45) is 2.66. The average molecular weight is 181 g/mol. The molecule has 1 heterocycles. The van der Waals surface area contributed by atoms with Gasteiger partial charge in [-0.25, -0.2) is 0 Å². The molecule has 0 aliphatic carbocycles. The van der Waals surface area contributed by atoms with Crippen molar-refractivity contribution in [1.29, 1.82) is 0 Å². The molecule has 2 aromatic rings. The van der Waals surface area contributed by atoms with Crippen LogP contribution >= 0.6 is 11.6 Å². The van der Waals surface area contributed by atoms with Gasteiger partial charge < -0.3 is 4.42 Å². The minimum absolute atomic E-state index is 0.642. The van der Waals surface area contributed by atoms with Crippen molar-refractivity contribution in [3.05, 3.63) is 36.1 Å². The van der Waals surface area contributed by atoms with E-state index in [0.29, 0.717) is 5.88 Å². The quantitative estimate of drug-likeness (QED) is 0.647. The zero-order valence-corrected chi connectivity index (χ0v) is 7.34. The van der Waals surface area contributed by atoms with Gasteiger partial charge in [0.15, 0.2) is 0 Å². The summed E-state index contributed by atoms with van der Waals surface area (Å²) in [5.74, 6) is 0.642. The molecule has 1 aromatic heterocycles. The number of alkyl halides is 1. The van der Waals surface area contributed by atoms with Crippen LogP contribution in [0.2, 0.25) is 0 Å². The number of halogens is 1. The third kappa shape index (κ3) is 1.21. The van der Waals surface area contributed by atoms with E-state index in [0.717, 1.165) is 12.0 Å². The Kier molecular flexibility index (Phi) is 2.05. The van der Waals surface area contributed by atoms with Gasteiger partial charge in [-0.3, -0.25) is 0 Å². The monoisotopic (exact) mass is 180 g/mol. The first-order valence-corrected chi connectivity index (χ1v) is 4.46. The molecule has 62 valence electrons. The number of furan rings is 1. The van der Waals surface area contributed by atoms with Crippen LogP contribution in [0.4, 0.5) is 0 Å². The van der Waals surface area contributed by atoms with Crippen molar-refractivity contribution in [3.8, 4) is 0 Å². The summed E-state index contributed by atoms with van der Waals surface area (Å²) in [5, 5.41) is 1.18. The molecule has 0 fully saturated rings. The van der Waals surface area contributed by atoms with Gasteiger partial charge in [-0.15, -0.1) is 11.6 Å². The lowest BCUT2D eigenvalue weighted by Crippen LogP contribution is -1.81. The maximum Gasteiger partial charge on any atom is 0.134 e. The maximum atomic E-state index is 5.65. The van der Waals surface area contributed by atoms with Gasteiger partial charge in [0, 0.05) is 11.3 Å². The summed E-state index contributed by atoms with van der Waals surface area (Å²) in [4.78, 5) is 0. The summed E-state index contributed by atoms with van der Waals surface area (Å²) in [6.45, 7) is 0. The molecule has 0 radical (unpaired) electrons. The summed E-state index contributed by atoms with van der Waals surface area (Å²) < 4.78 is 5.34. The summed E-state index contributed by atoms with van der Waals surface area (Å²) >= 11 is 5.65. The summed E-state index contributed by atoms with van der Waals surface area (Å²) in [7, 11) is 0. The summed E-state index contributed by atoms with van der Waals surface area (Å²) in [6, 6.07) is 8.00. The number of aryl methyl sites for hydroxylation is 1. The third-order valence-electron chi connectivity index (χ3n) is 1.92. The Bertz CT molecular complexity index is 378. The second-order valence-corrected chi connectivity index (χ2v) is 3.07. The second-order valence-electron chi connectivity index (χ2n) is 2.70. The van der Waals surface area contributed by atoms with Gasteiger partial charge in [0.2, 0.25) is 0 Å². The van der Waals surface area contributed by atoms with Crippen molar-refractivity contribution in [1.82, 2.24) is 0 Å². The van der Waals surface area contributed by atoms with Crippen LogP contribution in [-0.2, 0) is 6.42 Å². The van der Waals surface area contributed by atoms with Crippen LogP contribution in [0.3, 0.4) is 0 Å². The van der Waals surface area contributed by atoms with E-state index >= 15 is 0 Å². The average Bonchev–Trinajstić information content (AvgIpc) is 2.50. The van der Waals surface area contributed by atoms with Crippen LogP contribution < -0.4 is 0 Å².